The Kier molecular flexibility index (Phi) is 3.58. The molecule has 0 saturated carbocycles. The normalized spacial score (nSPS) is 14.7. The van der Waals surface area contributed by atoms with Crippen LogP contribution in [-0.2, 0) is 9.54 Å². The second kappa shape index (κ2) is 4.51. The largest absolute Gasteiger partial charge is 0.480 e. The molecular formula is C11H14O2S. The van der Waals surface area contributed by atoms with E-state index in [9.17, 15) is 9.90 Å². The number of aliphatic carboxylic acids is 1. The maximum Gasteiger partial charge on any atom is 0.324 e. The molecule has 0 bridgehead atoms. The molecule has 0 aliphatic rings. The molecule has 14 heavy (non-hydrogen) atoms. The summed E-state index contributed by atoms with van der Waals surface area (Å²) in [5.74, 6) is 0.00748. The highest BCUT2D eigenvalue weighted by Crippen LogP contribution is 2.35. The highest BCUT2D eigenvalue weighted by atomic mass is 32.2. The molecule has 0 saturated heterocycles. The molecule has 1 rings (SSSR count). The molecule has 1 aromatic rings. The highest BCUT2D eigenvalue weighted by Gasteiger charge is 2.34. The van der Waals surface area contributed by atoms with Crippen molar-refractivity contribution in [3.63, 3.8) is 0 Å². The van der Waals surface area contributed by atoms with E-state index in [1.807, 2.05) is 37.3 Å². The summed E-state index contributed by atoms with van der Waals surface area (Å²) in [5.41, 5.74) is 0.847. The van der Waals surface area contributed by atoms with Gasteiger partial charge in [-0.1, -0.05) is 37.3 Å². The molecule has 76 valence electrons. The number of carboxylic acid groups (broad SMARTS) is 1. The lowest BCUT2D eigenvalue weighted by Gasteiger charge is -2.23. The molecule has 0 fully saturated rings. The standard InChI is InChI=1S/C11H14O2S/c1-3-14-11(2,10(12)13)9-7-5-4-6-8-9/h4-8H,3H2,1-2H3,(H,12,13)/t11-/m0/s1. The average Bonchev–Trinajstić information content (AvgIpc) is 2.19. The van der Waals surface area contributed by atoms with E-state index in [0.717, 1.165) is 11.3 Å². The number of thioether (sulfide) groups is 1. The number of rotatable bonds is 4. The first kappa shape index (κ1) is 11.1. The molecule has 3 heteroatoms. The molecule has 0 amide bonds. The van der Waals surface area contributed by atoms with E-state index in [2.05, 4.69) is 0 Å². The predicted molar refractivity (Wildman–Crippen MR) is 59.6 cm³/mol. The summed E-state index contributed by atoms with van der Waals surface area (Å²) < 4.78 is -0.823. The van der Waals surface area contributed by atoms with Crippen molar-refractivity contribution in [3.05, 3.63) is 35.9 Å². The van der Waals surface area contributed by atoms with Crippen molar-refractivity contribution in [2.75, 3.05) is 5.75 Å². The van der Waals surface area contributed by atoms with Crippen LogP contribution < -0.4 is 0 Å². The van der Waals surface area contributed by atoms with Gasteiger partial charge in [0.25, 0.3) is 0 Å². The second-order valence-corrected chi connectivity index (χ2v) is 4.82. The van der Waals surface area contributed by atoms with Crippen molar-refractivity contribution in [1.82, 2.24) is 0 Å². The molecule has 1 atom stereocenters. The van der Waals surface area contributed by atoms with Crippen molar-refractivity contribution >= 4 is 17.7 Å². The van der Waals surface area contributed by atoms with Crippen LogP contribution in [0.5, 0.6) is 0 Å². The second-order valence-electron chi connectivity index (χ2n) is 3.14. The fourth-order valence-corrected chi connectivity index (χ4v) is 2.32. The van der Waals surface area contributed by atoms with Gasteiger partial charge in [-0.05, 0) is 18.2 Å². The number of carbonyl (C=O) groups is 1. The number of benzene rings is 1. The summed E-state index contributed by atoms with van der Waals surface area (Å²) in [6.07, 6.45) is 0. The molecule has 0 heterocycles. The van der Waals surface area contributed by atoms with Crippen molar-refractivity contribution in [3.8, 4) is 0 Å². The summed E-state index contributed by atoms with van der Waals surface area (Å²) >= 11 is 1.44. The van der Waals surface area contributed by atoms with Gasteiger partial charge in [0, 0.05) is 0 Å². The Labute approximate surface area is 88.3 Å². The molecule has 0 aliphatic carbocycles. The zero-order valence-electron chi connectivity index (χ0n) is 8.36. The summed E-state index contributed by atoms with van der Waals surface area (Å²) in [6.45, 7) is 3.72. The van der Waals surface area contributed by atoms with Crippen LogP contribution in [0, 0.1) is 0 Å². The Bertz CT molecular complexity index is 310. The lowest BCUT2D eigenvalue weighted by atomic mass is 10.0. The van der Waals surface area contributed by atoms with Gasteiger partial charge in [-0.3, -0.25) is 4.79 Å². The van der Waals surface area contributed by atoms with Gasteiger partial charge >= 0.3 is 5.97 Å². The van der Waals surface area contributed by atoms with Crippen molar-refractivity contribution in [2.45, 2.75) is 18.6 Å². The summed E-state index contributed by atoms with van der Waals surface area (Å²) in [7, 11) is 0. The lowest BCUT2D eigenvalue weighted by molar-refractivity contribution is -0.139. The van der Waals surface area contributed by atoms with Crippen molar-refractivity contribution in [2.24, 2.45) is 0 Å². The quantitative estimate of drug-likeness (QED) is 0.830. The third-order valence-electron chi connectivity index (χ3n) is 2.17. The molecule has 0 aromatic heterocycles. The molecule has 0 radical (unpaired) electrons. The van der Waals surface area contributed by atoms with Crippen LogP contribution in [-0.4, -0.2) is 16.8 Å². The molecular weight excluding hydrogens is 196 g/mol. The minimum atomic E-state index is -0.823. The maximum atomic E-state index is 11.2. The molecule has 1 aromatic carbocycles. The van der Waals surface area contributed by atoms with E-state index in [0.29, 0.717) is 0 Å². The maximum absolute atomic E-state index is 11.2. The summed E-state index contributed by atoms with van der Waals surface area (Å²) in [6, 6.07) is 9.34. The number of hydrogen-bond donors (Lipinski definition) is 1. The Morgan fingerprint density at radius 2 is 2.00 bits per heavy atom. The molecule has 0 aliphatic heterocycles. The van der Waals surface area contributed by atoms with Crippen molar-refractivity contribution in [1.29, 1.82) is 0 Å². The summed E-state index contributed by atoms with van der Waals surface area (Å²) in [5, 5.41) is 9.20. The highest BCUT2D eigenvalue weighted by molar-refractivity contribution is 8.00. The Morgan fingerprint density at radius 1 is 1.43 bits per heavy atom. The van der Waals surface area contributed by atoms with E-state index >= 15 is 0 Å². The van der Waals surface area contributed by atoms with E-state index in [-0.39, 0.29) is 0 Å². The summed E-state index contributed by atoms with van der Waals surface area (Å²) in [4.78, 5) is 11.2. The van der Waals surface area contributed by atoms with Gasteiger partial charge in [-0.2, -0.15) is 0 Å². The third-order valence-corrected chi connectivity index (χ3v) is 3.44. The van der Waals surface area contributed by atoms with Gasteiger partial charge in [0.1, 0.15) is 4.75 Å². The van der Waals surface area contributed by atoms with Gasteiger partial charge in [0.2, 0.25) is 0 Å². The minimum absolute atomic E-state index is 0.782. The van der Waals surface area contributed by atoms with Gasteiger partial charge in [-0.15, -0.1) is 11.8 Å². The van der Waals surface area contributed by atoms with Crippen LogP contribution in [0.1, 0.15) is 19.4 Å². The molecule has 1 N–H and O–H groups in total. The first-order valence-electron chi connectivity index (χ1n) is 4.54. The van der Waals surface area contributed by atoms with Crippen LogP contribution >= 0.6 is 11.8 Å². The fraction of sp³-hybridized carbons (Fsp3) is 0.364. The van der Waals surface area contributed by atoms with Crippen LogP contribution in [0.4, 0.5) is 0 Å². The minimum Gasteiger partial charge on any atom is -0.480 e. The van der Waals surface area contributed by atoms with E-state index in [1.165, 1.54) is 11.8 Å². The van der Waals surface area contributed by atoms with Gasteiger partial charge in [0.15, 0.2) is 0 Å². The third kappa shape index (κ3) is 2.10. The van der Waals surface area contributed by atoms with E-state index in [1.54, 1.807) is 6.92 Å². The molecule has 0 unspecified atom stereocenters. The SMILES string of the molecule is CCS[C@](C)(C(=O)O)c1ccccc1. The topological polar surface area (TPSA) is 37.3 Å². The fourth-order valence-electron chi connectivity index (χ4n) is 1.31. The monoisotopic (exact) mass is 210 g/mol. The number of hydrogen-bond acceptors (Lipinski definition) is 2. The first-order chi connectivity index (χ1) is 6.61. The van der Waals surface area contributed by atoms with Crippen LogP contribution in [0.2, 0.25) is 0 Å². The Morgan fingerprint density at radius 3 is 2.43 bits per heavy atom. The lowest BCUT2D eigenvalue weighted by Crippen LogP contribution is -2.28. The van der Waals surface area contributed by atoms with Gasteiger partial charge in [0.05, 0.1) is 0 Å². The molecule has 2 nitrogen and oxygen atoms in total. The Balaban J connectivity index is 3.06. The van der Waals surface area contributed by atoms with Crippen molar-refractivity contribution < 1.29 is 9.90 Å². The van der Waals surface area contributed by atoms with E-state index < -0.39 is 10.7 Å². The Hall–Kier alpha value is -0.960. The van der Waals surface area contributed by atoms with Gasteiger partial charge < -0.3 is 5.11 Å². The predicted octanol–water partition coefficient (Wildman–Crippen LogP) is 2.74. The smallest absolute Gasteiger partial charge is 0.324 e. The molecule has 0 spiro atoms. The zero-order chi connectivity index (χ0) is 10.6. The van der Waals surface area contributed by atoms with Crippen LogP contribution in [0.15, 0.2) is 30.3 Å². The zero-order valence-corrected chi connectivity index (χ0v) is 9.17. The van der Waals surface area contributed by atoms with Gasteiger partial charge in [-0.25, -0.2) is 0 Å². The van der Waals surface area contributed by atoms with Crippen LogP contribution in [0.3, 0.4) is 0 Å². The number of carboxylic acids is 1. The average molecular weight is 210 g/mol. The van der Waals surface area contributed by atoms with Crippen LogP contribution in [0.25, 0.3) is 0 Å². The first-order valence-corrected chi connectivity index (χ1v) is 5.52. The van der Waals surface area contributed by atoms with E-state index in [4.69, 9.17) is 0 Å².